The second-order valence-corrected chi connectivity index (χ2v) is 10.9. The van der Waals surface area contributed by atoms with E-state index in [0.717, 1.165) is 31.1 Å². The second kappa shape index (κ2) is 5.92. The van der Waals surface area contributed by atoms with Crippen molar-refractivity contribution in [3.63, 3.8) is 0 Å². The zero-order chi connectivity index (χ0) is 17.4. The number of carbonyl (C=O) groups is 2. The molecular formula is C24H34O2. The lowest BCUT2D eigenvalue weighted by molar-refractivity contribution is -0.129. The highest BCUT2D eigenvalue weighted by Crippen LogP contribution is 2.62. The second-order valence-electron chi connectivity index (χ2n) is 10.9. The molecule has 0 saturated heterocycles. The number of ketones is 2. The number of hydrogen-bond donors (Lipinski definition) is 0. The van der Waals surface area contributed by atoms with Gasteiger partial charge in [0.15, 0.2) is 0 Å². The van der Waals surface area contributed by atoms with Crippen LogP contribution in [0.1, 0.15) is 77.0 Å². The van der Waals surface area contributed by atoms with E-state index < -0.39 is 0 Å². The molecule has 6 saturated carbocycles. The molecule has 0 bridgehead atoms. The van der Waals surface area contributed by atoms with Crippen LogP contribution in [0.3, 0.4) is 0 Å². The van der Waals surface area contributed by atoms with E-state index in [0.29, 0.717) is 58.9 Å². The average Bonchev–Trinajstić information content (AvgIpc) is 3.12. The first kappa shape index (κ1) is 16.3. The van der Waals surface area contributed by atoms with E-state index in [1.54, 1.807) is 0 Å². The van der Waals surface area contributed by atoms with Crippen molar-refractivity contribution in [3.05, 3.63) is 0 Å². The summed E-state index contributed by atoms with van der Waals surface area (Å²) in [5.41, 5.74) is 0. The van der Waals surface area contributed by atoms with Gasteiger partial charge in [0.25, 0.3) is 0 Å². The van der Waals surface area contributed by atoms with Gasteiger partial charge in [-0.25, -0.2) is 0 Å². The van der Waals surface area contributed by atoms with Gasteiger partial charge in [-0.15, -0.1) is 0 Å². The molecule has 0 aromatic carbocycles. The fourth-order valence-corrected chi connectivity index (χ4v) is 9.16. The van der Waals surface area contributed by atoms with Crippen molar-refractivity contribution in [2.75, 3.05) is 0 Å². The van der Waals surface area contributed by atoms with Gasteiger partial charge in [-0.2, -0.15) is 0 Å². The molecule has 0 aromatic rings. The summed E-state index contributed by atoms with van der Waals surface area (Å²) < 4.78 is 0. The molecule has 2 nitrogen and oxygen atoms in total. The number of Topliss-reactive ketones (excluding diaryl/α,β-unsaturated/α-hetero) is 2. The topological polar surface area (TPSA) is 34.1 Å². The van der Waals surface area contributed by atoms with Gasteiger partial charge in [0.1, 0.15) is 11.6 Å². The zero-order valence-electron chi connectivity index (χ0n) is 16.1. The normalized spacial score (nSPS) is 55.5. The molecule has 0 aromatic heterocycles. The van der Waals surface area contributed by atoms with Crippen molar-refractivity contribution in [1.29, 1.82) is 0 Å². The predicted octanol–water partition coefficient (Wildman–Crippen LogP) is 5.05. The Morgan fingerprint density at radius 1 is 0.462 bits per heavy atom. The van der Waals surface area contributed by atoms with Crippen LogP contribution in [0.4, 0.5) is 0 Å². The molecule has 6 rings (SSSR count). The molecule has 0 spiro atoms. The predicted molar refractivity (Wildman–Crippen MR) is 100 cm³/mol. The monoisotopic (exact) mass is 354 g/mol. The molecule has 0 N–H and O–H groups in total. The maximum Gasteiger partial charge on any atom is 0.139 e. The molecule has 0 radical (unpaired) electrons. The summed E-state index contributed by atoms with van der Waals surface area (Å²) in [6.45, 7) is 0. The first-order valence-electron chi connectivity index (χ1n) is 11.8. The van der Waals surface area contributed by atoms with E-state index in [1.165, 1.54) is 57.8 Å². The van der Waals surface area contributed by atoms with Crippen LogP contribution in [-0.2, 0) is 9.59 Å². The Morgan fingerprint density at radius 2 is 0.962 bits per heavy atom. The smallest absolute Gasteiger partial charge is 0.139 e. The molecule has 10 unspecified atom stereocenters. The van der Waals surface area contributed by atoms with Crippen LogP contribution in [0, 0.1) is 59.2 Å². The first-order valence-corrected chi connectivity index (χ1v) is 11.8. The summed E-state index contributed by atoms with van der Waals surface area (Å²) in [6.07, 6.45) is 15.3. The van der Waals surface area contributed by atoms with Crippen LogP contribution in [0.15, 0.2) is 0 Å². The Kier molecular flexibility index (Phi) is 3.71. The third-order valence-corrected chi connectivity index (χ3v) is 10.2. The molecule has 0 aliphatic heterocycles. The van der Waals surface area contributed by atoms with E-state index in [9.17, 15) is 9.59 Å². The van der Waals surface area contributed by atoms with Crippen molar-refractivity contribution >= 4 is 11.6 Å². The summed E-state index contributed by atoms with van der Waals surface area (Å²) in [6, 6.07) is 0. The number of rotatable bonds is 0. The summed E-state index contributed by atoms with van der Waals surface area (Å²) in [4.78, 5) is 26.5. The third kappa shape index (κ3) is 2.17. The van der Waals surface area contributed by atoms with Crippen molar-refractivity contribution in [3.8, 4) is 0 Å². The summed E-state index contributed by atoms with van der Waals surface area (Å²) in [7, 11) is 0. The van der Waals surface area contributed by atoms with E-state index >= 15 is 0 Å². The lowest BCUT2D eigenvalue weighted by atomic mass is 9.60. The minimum Gasteiger partial charge on any atom is -0.299 e. The van der Waals surface area contributed by atoms with Gasteiger partial charge in [0, 0.05) is 23.7 Å². The van der Waals surface area contributed by atoms with Crippen molar-refractivity contribution in [2.24, 2.45) is 59.2 Å². The molecule has 26 heavy (non-hydrogen) atoms. The average molecular weight is 355 g/mol. The molecule has 6 aliphatic rings. The van der Waals surface area contributed by atoms with Gasteiger partial charge in [0.05, 0.1) is 0 Å². The SMILES string of the molecule is O=C1C2CCCCC2C2CC3C(=O)C4CC5CCCCC5CC4C3CC12. The summed E-state index contributed by atoms with van der Waals surface area (Å²) in [5, 5.41) is 0. The Labute approximate surface area is 157 Å². The largest absolute Gasteiger partial charge is 0.299 e. The van der Waals surface area contributed by atoms with Crippen molar-refractivity contribution < 1.29 is 9.59 Å². The molecular weight excluding hydrogens is 320 g/mol. The first-order chi connectivity index (χ1) is 12.7. The molecule has 142 valence electrons. The zero-order valence-corrected chi connectivity index (χ0v) is 16.1. The van der Waals surface area contributed by atoms with Gasteiger partial charge in [0.2, 0.25) is 0 Å². The third-order valence-electron chi connectivity index (χ3n) is 10.2. The van der Waals surface area contributed by atoms with E-state index in [-0.39, 0.29) is 0 Å². The van der Waals surface area contributed by atoms with Crippen molar-refractivity contribution in [1.82, 2.24) is 0 Å². The van der Waals surface area contributed by atoms with Gasteiger partial charge in [-0.05, 0) is 74.0 Å². The maximum atomic E-state index is 13.4. The molecule has 2 heteroatoms. The highest BCUT2D eigenvalue weighted by atomic mass is 16.1. The molecule has 10 atom stereocenters. The fourth-order valence-electron chi connectivity index (χ4n) is 9.16. The Hall–Kier alpha value is -0.660. The van der Waals surface area contributed by atoms with Crippen LogP contribution in [-0.4, -0.2) is 11.6 Å². The standard InChI is InChI=1S/C24H34O2/c25-23-16-8-4-3-7-15(16)18-11-22-19(12-21(18)23)17-9-13-5-1-2-6-14(13)10-20(17)24(22)26/h13-22H,1-12H2. The van der Waals surface area contributed by atoms with Gasteiger partial charge in [-0.1, -0.05) is 38.5 Å². The van der Waals surface area contributed by atoms with Crippen LogP contribution < -0.4 is 0 Å². The molecule has 0 amide bonds. The quantitative estimate of drug-likeness (QED) is 0.610. The minimum atomic E-state index is 0.333. The number of fused-ring (bicyclic) bond motifs is 7. The van der Waals surface area contributed by atoms with E-state index in [1.807, 2.05) is 0 Å². The molecule has 6 fully saturated rings. The van der Waals surface area contributed by atoms with Gasteiger partial charge < -0.3 is 0 Å². The summed E-state index contributed by atoms with van der Waals surface area (Å²) >= 11 is 0. The summed E-state index contributed by atoms with van der Waals surface area (Å²) in [5.74, 6) is 6.85. The number of hydrogen-bond acceptors (Lipinski definition) is 2. The van der Waals surface area contributed by atoms with Crippen LogP contribution in [0.5, 0.6) is 0 Å². The van der Waals surface area contributed by atoms with Gasteiger partial charge in [-0.3, -0.25) is 9.59 Å². The Bertz CT molecular complexity index is 624. The fraction of sp³-hybridized carbons (Fsp3) is 0.917. The molecule has 0 heterocycles. The lowest BCUT2D eigenvalue weighted by Crippen LogP contribution is -2.37. The van der Waals surface area contributed by atoms with Crippen LogP contribution >= 0.6 is 0 Å². The molecule has 6 aliphatic carbocycles. The van der Waals surface area contributed by atoms with Gasteiger partial charge >= 0.3 is 0 Å². The van der Waals surface area contributed by atoms with Crippen molar-refractivity contribution in [2.45, 2.75) is 77.0 Å². The lowest BCUT2D eigenvalue weighted by Gasteiger charge is -2.44. The van der Waals surface area contributed by atoms with Crippen LogP contribution in [0.2, 0.25) is 0 Å². The minimum absolute atomic E-state index is 0.333. The van der Waals surface area contributed by atoms with E-state index in [4.69, 9.17) is 0 Å². The maximum absolute atomic E-state index is 13.4. The Morgan fingerprint density at radius 3 is 1.73 bits per heavy atom. The van der Waals surface area contributed by atoms with E-state index in [2.05, 4.69) is 0 Å². The Balaban J connectivity index is 1.28. The van der Waals surface area contributed by atoms with Crippen LogP contribution in [0.25, 0.3) is 0 Å². The number of carbonyl (C=O) groups excluding carboxylic acids is 2. The highest BCUT2D eigenvalue weighted by Gasteiger charge is 2.61. The highest BCUT2D eigenvalue weighted by molar-refractivity contribution is 5.90.